The van der Waals surface area contributed by atoms with Gasteiger partial charge in [-0.15, -0.1) is 0 Å². The molecule has 0 saturated heterocycles. The molecule has 0 bridgehead atoms. The normalized spacial score (nSPS) is 31.3. The molecule has 106 valence electrons. The van der Waals surface area contributed by atoms with Gasteiger partial charge in [0.05, 0.1) is 0 Å². The Morgan fingerprint density at radius 3 is 2.80 bits per heavy atom. The summed E-state index contributed by atoms with van der Waals surface area (Å²) in [5.41, 5.74) is 2.58. The number of rotatable bonds is 4. The molecule has 0 aliphatic heterocycles. The number of aryl methyl sites for hydroxylation is 1. The van der Waals surface area contributed by atoms with Crippen molar-refractivity contribution >= 4 is 5.91 Å². The van der Waals surface area contributed by atoms with Gasteiger partial charge in [0.15, 0.2) is 0 Å². The minimum Gasteiger partial charge on any atom is -0.396 e. The number of benzene rings is 1. The van der Waals surface area contributed by atoms with Gasteiger partial charge in [-0.25, -0.2) is 0 Å². The Kier molecular flexibility index (Phi) is 3.62. The fraction of sp³-hybridized carbons (Fsp3) is 0.471. The van der Waals surface area contributed by atoms with Crippen LogP contribution in [0.25, 0.3) is 0 Å². The maximum absolute atomic E-state index is 12.2. The van der Waals surface area contributed by atoms with E-state index in [1.165, 1.54) is 11.1 Å². The second-order valence-electron chi connectivity index (χ2n) is 5.98. The summed E-state index contributed by atoms with van der Waals surface area (Å²) in [6.45, 7) is 2.27. The molecule has 3 nitrogen and oxygen atoms in total. The molecule has 4 atom stereocenters. The zero-order valence-electron chi connectivity index (χ0n) is 11.8. The molecule has 0 spiro atoms. The lowest BCUT2D eigenvalue weighted by Gasteiger charge is -2.13. The summed E-state index contributed by atoms with van der Waals surface area (Å²) in [7, 11) is 0. The van der Waals surface area contributed by atoms with E-state index in [2.05, 4.69) is 24.4 Å². The molecule has 2 aliphatic carbocycles. The highest BCUT2D eigenvalue weighted by atomic mass is 16.3. The highest BCUT2D eigenvalue weighted by Crippen LogP contribution is 2.48. The first kappa shape index (κ1) is 13.4. The van der Waals surface area contributed by atoms with E-state index in [1.807, 2.05) is 24.3 Å². The summed E-state index contributed by atoms with van der Waals surface area (Å²) < 4.78 is 0. The van der Waals surface area contributed by atoms with Crippen LogP contribution in [-0.2, 0) is 4.79 Å². The summed E-state index contributed by atoms with van der Waals surface area (Å²) in [6.07, 6.45) is 5.78. The third-order valence-corrected chi connectivity index (χ3v) is 4.45. The van der Waals surface area contributed by atoms with Crippen molar-refractivity contribution in [1.29, 1.82) is 0 Å². The first-order chi connectivity index (χ1) is 9.69. The highest BCUT2D eigenvalue weighted by Gasteiger charge is 2.44. The van der Waals surface area contributed by atoms with E-state index in [0.717, 1.165) is 12.8 Å². The SMILES string of the molecule is Cc1ccccc1C1CC1C(=O)N[C@@H]1C=C[C@H](CO)C1. The van der Waals surface area contributed by atoms with Gasteiger partial charge in [0.1, 0.15) is 0 Å². The van der Waals surface area contributed by atoms with Gasteiger partial charge >= 0.3 is 0 Å². The largest absolute Gasteiger partial charge is 0.396 e. The van der Waals surface area contributed by atoms with Crippen LogP contribution < -0.4 is 5.32 Å². The maximum atomic E-state index is 12.2. The van der Waals surface area contributed by atoms with E-state index >= 15 is 0 Å². The predicted octanol–water partition coefficient (Wildman–Crippen LogP) is 2.15. The van der Waals surface area contributed by atoms with Crippen molar-refractivity contribution < 1.29 is 9.90 Å². The minimum absolute atomic E-state index is 0.0952. The lowest BCUT2D eigenvalue weighted by molar-refractivity contribution is -0.122. The average Bonchev–Trinajstić information content (AvgIpc) is 3.12. The van der Waals surface area contributed by atoms with Crippen LogP contribution in [0.15, 0.2) is 36.4 Å². The third kappa shape index (κ3) is 2.63. The molecule has 1 amide bonds. The van der Waals surface area contributed by atoms with Gasteiger partial charge in [-0.1, -0.05) is 36.4 Å². The number of carbonyl (C=O) groups is 1. The molecule has 2 N–H and O–H groups in total. The lowest BCUT2D eigenvalue weighted by atomic mass is 10.0. The van der Waals surface area contributed by atoms with Crippen LogP contribution in [0.5, 0.6) is 0 Å². The lowest BCUT2D eigenvalue weighted by Crippen LogP contribution is -2.34. The van der Waals surface area contributed by atoms with Gasteiger partial charge in [-0.05, 0) is 36.8 Å². The molecule has 0 aromatic heterocycles. The summed E-state index contributed by atoms with van der Waals surface area (Å²) in [5, 5.41) is 12.2. The van der Waals surface area contributed by atoms with E-state index in [0.29, 0.717) is 5.92 Å². The Hall–Kier alpha value is -1.61. The van der Waals surface area contributed by atoms with Crippen molar-refractivity contribution in [1.82, 2.24) is 5.32 Å². The molecule has 2 aliphatic rings. The van der Waals surface area contributed by atoms with Crippen LogP contribution in [-0.4, -0.2) is 23.7 Å². The van der Waals surface area contributed by atoms with E-state index < -0.39 is 0 Å². The number of carbonyl (C=O) groups excluding carboxylic acids is 1. The Bertz CT molecular complexity index is 538. The molecule has 3 rings (SSSR count). The second kappa shape index (κ2) is 5.41. The van der Waals surface area contributed by atoms with E-state index in [9.17, 15) is 4.79 Å². The minimum atomic E-state index is 0.0952. The monoisotopic (exact) mass is 271 g/mol. The summed E-state index contributed by atoms with van der Waals surface area (Å²) in [6, 6.07) is 8.41. The number of amides is 1. The van der Waals surface area contributed by atoms with Crippen molar-refractivity contribution in [2.45, 2.75) is 31.7 Å². The van der Waals surface area contributed by atoms with Gasteiger partial charge in [-0.2, -0.15) is 0 Å². The molecule has 0 heterocycles. The molecule has 0 radical (unpaired) electrons. The van der Waals surface area contributed by atoms with Crippen LogP contribution in [0.4, 0.5) is 0 Å². The number of aliphatic hydroxyl groups is 1. The third-order valence-electron chi connectivity index (χ3n) is 4.45. The number of hydrogen-bond donors (Lipinski definition) is 2. The van der Waals surface area contributed by atoms with Gasteiger partial charge in [-0.3, -0.25) is 4.79 Å². The second-order valence-corrected chi connectivity index (χ2v) is 5.98. The first-order valence-corrected chi connectivity index (χ1v) is 7.34. The summed E-state index contributed by atoms with van der Waals surface area (Å²) in [4.78, 5) is 12.2. The molecular formula is C17H21NO2. The molecule has 2 unspecified atom stereocenters. The Balaban J connectivity index is 1.56. The fourth-order valence-electron chi connectivity index (χ4n) is 3.14. The molecule has 1 saturated carbocycles. The van der Waals surface area contributed by atoms with Crippen LogP contribution in [0.3, 0.4) is 0 Å². The van der Waals surface area contributed by atoms with Crippen LogP contribution in [0.2, 0.25) is 0 Å². The zero-order chi connectivity index (χ0) is 14.1. The van der Waals surface area contributed by atoms with Crippen molar-refractivity contribution in [2.75, 3.05) is 6.61 Å². The van der Waals surface area contributed by atoms with Crippen molar-refractivity contribution in [3.05, 3.63) is 47.5 Å². The maximum Gasteiger partial charge on any atom is 0.224 e. The molecular weight excluding hydrogens is 250 g/mol. The van der Waals surface area contributed by atoms with Crippen molar-refractivity contribution in [2.24, 2.45) is 11.8 Å². The summed E-state index contributed by atoms with van der Waals surface area (Å²) >= 11 is 0. The topological polar surface area (TPSA) is 49.3 Å². The van der Waals surface area contributed by atoms with Crippen molar-refractivity contribution in [3.63, 3.8) is 0 Å². The number of nitrogens with one attached hydrogen (secondary N) is 1. The van der Waals surface area contributed by atoms with E-state index in [4.69, 9.17) is 5.11 Å². The van der Waals surface area contributed by atoms with Crippen LogP contribution in [0, 0.1) is 18.8 Å². The standard InChI is InChI=1S/C17H21NO2/c1-11-4-2-3-5-14(11)15-9-16(15)17(20)18-13-7-6-12(8-13)10-19/h2-7,12-13,15-16,19H,8-10H2,1H3,(H,18,20)/t12-,13+,15?,16?/m0/s1. The van der Waals surface area contributed by atoms with Crippen LogP contribution >= 0.6 is 0 Å². The Morgan fingerprint density at radius 2 is 2.10 bits per heavy atom. The van der Waals surface area contributed by atoms with Gasteiger partial charge in [0.2, 0.25) is 5.91 Å². The van der Waals surface area contributed by atoms with E-state index in [1.54, 1.807) is 0 Å². The number of hydrogen-bond acceptors (Lipinski definition) is 2. The first-order valence-electron chi connectivity index (χ1n) is 7.34. The molecule has 20 heavy (non-hydrogen) atoms. The van der Waals surface area contributed by atoms with Gasteiger partial charge in [0.25, 0.3) is 0 Å². The van der Waals surface area contributed by atoms with Crippen LogP contribution in [0.1, 0.15) is 29.9 Å². The van der Waals surface area contributed by atoms with Crippen molar-refractivity contribution in [3.8, 4) is 0 Å². The fourth-order valence-corrected chi connectivity index (χ4v) is 3.14. The average molecular weight is 271 g/mol. The molecule has 1 fully saturated rings. The Labute approximate surface area is 119 Å². The van der Waals surface area contributed by atoms with Gasteiger partial charge in [0, 0.05) is 24.5 Å². The smallest absolute Gasteiger partial charge is 0.224 e. The quantitative estimate of drug-likeness (QED) is 0.824. The molecule has 1 aromatic carbocycles. The van der Waals surface area contributed by atoms with E-state index in [-0.39, 0.29) is 30.4 Å². The zero-order valence-corrected chi connectivity index (χ0v) is 11.8. The highest BCUT2D eigenvalue weighted by molar-refractivity contribution is 5.83. The van der Waals surface area contributed by atoms with Gasteiger partial charge < -0.3 is 10.4 Å². The molecule has 1 aromatic rings. The Morgan fingerprint density at radius 1 is 1.30 bits per heavy atom. The molecule has 3 heteroatoms. The predicted molar refractivity (Wildman–Crippen MR) is 78.3 cm³/mol. The number of aliphatic hydroxyl groups excluding tert-OH is 1. The summed E-state index contributed by atoms with van der Waals surface area (Å²) in [5.74, 6) is 0.867.